The average molecular weight is 501 g/mol. The minimum atomic E-state index is -1.60. The van der Waals surface area contributed by atoms with Crippen molar-refractivity contribution in [3.05, 3.63) is 65.0 Å². The molecule has 0 radical (unpaired) electrons. The van der Waals surface area contributed by atoms with E-state index in [4.69, 9.17) is 9.47 Å². The zero-order valence-corrected chi connectivity index (χ0v) is 19.6. The molecular weight excluding hydrogens is 479 g/mol. The number of ether oxygens (including phenoxy) is 2. The first-order chi connectivity index (χ1) is 16.7. The van der Waals surface area contributed by atoms with Gasteiger partial charge in [0.25, 0.3) is 17.7 Å². The van der Waals surface area contributed by atoms with Crippen molar-refractivity contribution in [3.8, 4) is 5.75 Å². The molecule has 1 N–H and O–H groups in total. The largest absolute Gasteiger partial charge is 0.497 e. The van der Waals surface area contributed by atoms with E-state index in [-0.39, 0.29) is 23.5 Å². The monoisotopic (exact) mass is 500 g/mol. The van der Waals surface area contributed by atoms with Crippen LogP contribution in [0, 0.1) is 5.82 Å². The molecule has 0 saturated carbocycles. The Hall–Kier alpha value is -3.44. The van der Waals surface area contributed by atoms with E-state index in [1.807, 2.05) is 0 Å². The summed E-state index contributed by atoms with van der Waals surface area (Å²) in [6, 6.07) is 8.04. The Morgan fingerprint density at radius 1 is 1.17 bits per heavy atom. The molecule has 5 rings (SSSR count). The van der Waals surface area contributed by atoms with E-state index < -0.39 is 52.6 Å². The molecule has 11 heteroatoms. The van der Waals surface area contributed by atoms with Crippen LogP contribution in [-0.4, -0.2) is 74.5 Å². The van der Waals surface area contributed by atoms with Crippen LogP contribution in [0.25, 0.3) is 0 Å². The third-order valence-corrected chi connectivity index (χ3v) is 7.98. The number of halogens is 1. The number of imide groups is 1. The zero-order valence-electron chi connectivity index (χ0n) is 18.8. The Morgan fingerprint density at radius 3 is 2.54 bits per heavy atom. The molecule has 0 aliphatic carbocycles. The average Bonchev–Trinajstić information content (AvgIpc) is 3.08. The number of hydrogen-bond acceptors (Lipinski definition) is 8. The molecule has 3 heterocycles. The number of carbonyl (C=O) groups excluding carboxylic acids is 4. The highest BCUT2D eigenvalue weighted by atomic mass is 32.2. The molecule has 2 saturated heterocycles. The lowest BCUT2D eigenvalue weighted by molar-refractivity contribution is -0.180. The maximum absolute atomic E-state index is 14.2. The topological polar surface area (TPSA) is 113 Å². The summed E-state index contributed by atoms with van der Waals surface area (Å²) in [5.74, 6) is -3.30. The van der Waals surface area contributed by atoms with Gasteiger partial charge in [-0.25, -0.2) is 9.18 Å². The Labute approximate surface area is 203 Å². The lowest BCUT2D eigenvalue weighted by Gasteiger charge is -2.57. The Bertz CT molecular complexity index is 1250. The van der Waals surface area contributed by atoms with E-state index >= 15 is 0 Å². The second-order valence-electron chi connectivity index (χ2n) is 8.75. The number of aliphatic hydroxyl groups is 1. The lowest BCUT2D eigenvalue weighted by atomic mass is 9.90. The number of amides is 3. The molecule has 182 valence electrons. The predicted octanol–water partition coefficient (Wildman–Crippen LogP) is 1.58. The first-order valence-corrected chi connectivity index (χ1v) is 11.8. The number of nitrogens with zero attached hydrogens (tertiary/aromatic N) is 2. The molecule has 3 amide bonds. The molecule has 2 fully saturated rings. The fraction of sp³-hybridized carbons (Fsp3) is 0.333. The van der Waals surface area contributed by atoms with E-state index in [9.17, 15) is 28.7 Å². The van der Waals surface area contributed by atoms with Crippen LogP contribution in [0.4, 0.5) is 4.39 Å². The Kier molecular flexibility index (Phi) is 5.56. The maximum atomic E-state index is 14.2. The van der Waals surface area contributed by atoms with E-state index in [1.165, 1.54) is 26.2 Å². The summed E-state index contributed by atoms with van der Waals surface area (Å²) < 4.78 is 24.7. The van der Waals surface area contributed by atoms with Gasteiger partial charge in [0.15, 0.2) is 6.04 Å². The fourth-order valence-corrected chi connectivity index (χ4v) is 6.10. The van der Waals surface area contributed by atoms with Crippen LogP contribution < -0.4 is 4.74 Å². The quantitative estimate of drug-likeness (QED) is 0.374. The standard InChI is InChI=1S/C24H21FN2O7S/c1-24(32)11-35-22-17(26-19(28)14-4-3-5-15(25)16(14)20(26)29)21(30)27(22)18(24)23(31)34-10-12-6-8-13(33-2)9-7-12/h3-9,17-18,22,32H,10-11H2,1-2H3/t17?,18?,22-,24-/m1/s1. The van der Waals surface area contributed by atoms with Crippen LogP contribution in [0.2, 0.25) is 0 Å². The smallest absolute Gasteiger partial charge is 0.332 e. The van der Waals surface area contributed by atoms with Crippen molar-refractivity contribution in [2.75, 3.05) is 12.9 Å². The number of hydrogen-bond donors (Lipinski definition) is 1. The maximum Gasteiger partial charge on any atom is 0.332 e. The summed E-state index contributed by atoms with van der Waals surface area (Å²) in [6.07, 6.45) is 0. The second kappa shape index (κ2) is 8.35. The van der Waals surface area contributed by atoms with Gasteiger partial charge in [0.05, 0.1) is 18.2 Å². The number of benzene rings is 2. The van der Waals surface area contributed by atoms with Crippen molar-refractivity contribution in [2.45, 2.75) is 36.6 Å². The first-order valence-electron chi connectivity index (χ1n) is 10.8. The van der Waals surface area contributed by atoms with Crippen LogP contribution in [0.3, 0.4) is 0 Å². The van der Waals surface area contributed by atoms with E-state index in [1.54, 1.807) is 24.3 Å². The molecule has 4 atom stereocenters. The SMILES string of the molecule is COc1ccc(COC(=O)C2N3C(=O)C(N4C(=O)c5cccc(F)c5C4=O)[C@H]3SC[C@@]2(C)O)cc1. The highest BCUT2D eigenvalue weighted by Crippen LogP contribution is 2.46. The summed E-state index contributed by atoms with van der Waals surface area (Å²) in [4.78, 5) is 53.9. The van der Waals surface area contributed by atoms with Crippen molar-refractivity contribution < 1.29 is 38.1 Å². The van der Waals surface area contributed by atoms with Gasteiger partial charge in [0.2, 0.25) is 0 Å². The number of fused-ring (bicyclic) bond motifs is 2. The predicted molar refractivity (Wildman–Crippen MR) is 121 cm³/mol. The lowest BCUT2D eigenvalue weighted by Crippen LogP contribution is -2.79. The molecule has 2 unspecified atom stereocenters. The zero-order chi connectivity index (χ0) is 25.1. The number of rotatable bonds is 5. The number of β-lactam (4-membered cyclic amide) rings is 1. The van der Waals surface area contributed by atoms with Gasteiger partial charge < -0.3 is 19.5 Å². The van der Waals surface area contributed by atoms with Crippen molar-refractivity contribution in [1.29, 1.82) is 0 Å². The molecule has 2 aromatic carbocycles. The van der Waals surface area contributed by atoms with E-state index in [0.29, 0.717) is 11.3 Å². The minimum absolute atomic E-state index is 0.0534. The number of thioether (sulfide) groups is 1. The molecule has 0 bridgehead atoms. The van der Waals surface area contributed by atoms with Gasteiger partial charge in [0, 0.05) is 5.75 Å². The van der Waals surface area contributed by atoms with Crippen LogP contribution >= 0.6 is 11.8 Å². The number of carbonyl (C=O) groups is 4. The fourth-order valence-electron chi connectivity index (χ4n) is 4.62. The Morgan fingerprint density at radius 2 is 1.89 bits per heavy atom. The van der Waals surface area contributed by atoms with Crippen LogP contribution in [0.1, 0.15) is 33.2 Å². The molecule has 0 aromatic heterocycles. The molecule has 3 aliphatic heterocycles. The molecule has 2 aromatic rings. The van der Waals surface area contributed by atoms with Crippen molar-refractivity contribution in [2.24, 2.45) is 0 Å². The molecule has 0 spiro atoms. The minimum Gasteiger partial charge on any atom is -0.497 e. The molecule has 3 aliphatic rings. The summed E-state index contributed by atoms with van der Waals surface area (Å²) in [5.41, 5.74) is -1.40. The molecular formula is C24H21FN2O7S. The van der Waals surface area contributed by atoms with Crippen LogP contribution in [-0.2, 0) is 20.9 Å². The van der Waals surface area contributed by atoms with Gasteiger partial charge in [-0.3, -0.25) is 19.3 Å². The van der Waals surface area contributed by atoms with Crippen LogP contribution in [0.15, 0.2) is 42.5 Å². The van der Waals surface area contributed by atoms with Crippen molar-refractivity contribution in [3.63, 3.8) is 0 Å². The molecule has 35 heavy (non-hydrogen) atoms. The van der Waals surface area contributed by atoms with E-state index in [2.05, 4.69) is 0 Å². The highest BCUT2D eigenvalue weighted by molar-refractivity contribution is 8.00. The third kappa shape index (κ3) is 3.57. The van der Waals surface area contributed by atoms with Crippen molar-refractivity contribution in [1.82, 2.24) is 9.80 Å². The Balaban J connectivity index is 1.35. The van der Waals surface area contributed by atoms with Gasteiger partial charge in [-0.15, -0.1) is 11.8 Å². The summed E-state index contributed by atoms with van der Waals surface area (Å²) >= 11 is 1.14. The third-order valence-electron chi connectivity index (χ3n) is 6.40. The molecule has 9 nitrogen and oxygen atoms in total. The number of methoxy groups -OCH3 is 1. The normalized spacial score (nSPS) is 27.3. The van der Waals surface area contributed by atoms with Gasteiger partial charge in [-0.05, 0) is 36.8 Å². The second-order valence-corrected chi connectivity index (χ2v) is 9.86. The summed E-state index contributed by atoms with van der Waals surface area (Å²) in [6.45, 7) is 1.34. The van der Waals surface area contributed by atoms with Crippen molar-refractivity contribution >= 4 is 35.5 Å². The van der Waals surface area contributed by atoms with Gasteiger partial charge >= 0.3 is 5.97 Å². The van der Waals surface area contributed by atoms with E-state index in [0.717, 1.165) is 27.6 Å². The summed E-state index contributed by atoms with van der Waals surface area (Å²) in [5, 5.41) is 10.1. The first kappa shape index (κ1) is 23.3. The highest BCUT2D eigenvalue weighted by Gasteiger charge is 2.65. The number of esters is 1. The van der Waals surface area contributed by atoms with Gasteiger partial charge in [-0.1, -0.05) is 18.2 Å². The van der Waals surface area contributed by atoms with Gasteiger partial charge in [0.1, 0.15) is 35.2 Å². The van der Waals surface area contributed by atoms with Crippen LogP contribution in [0.5, 0.6) is 5.75 Å². The summed E-state index contributed by atoms with van der Waals surface area (Å²) in [7, 11) is 1.53. The van der Waals surface area contributed by atoms with Gasteiger partial charge in [-0.2, -0.15) is 0 Å².